The number of ether oxygens (including phenoxy) is 4. The Labute approximate surface area is 139 Å². The van der Waals surface area contributed by atoms with E-state index in [4.69, 9.17) is 18.9 Å². The summed E-state index contributed by atoms with van der Waals surface area (Å²) in [6.45, 7) is 2.03. The maximum Gasteiger partial charge on any atom is 0.343 e. The Kier molecular flexibility index (Phi) is 5.78. The lowest BCUT2D eigenvalue weighted by Gasteiger charge is -2.09. The molecule has 0 atom stereocenters. The molecule has 0 unspecified atom stereocenters. The Morgan fingerprint density at radius 3 is 2.04 bits per heavy atom. The van der Waals surface area contributed by atoms with Crippen molar-refractivity contribution in [2.45, 2.75) is 6.92 Å². The highest BCUT2D eigenvalue weighted by Crippen LogP contribution is 2.28. The van der Waals surface area contributed by atoms with Crippen molar-refractivity contribution in [2.24, 2.45) is 0 Å². The first kappa shape index (κ1) is 17.3. The molecule has 0 aliphatic rings. The van der Waals surface area contributed by atoms with Gasteiger partial charge in [0.15, 0.2) is 11.5 Å². The summed E-state index contributed by atoms with van der Waals surface area (Å²) >= 11 is 0. The first-order valence-corrected chi connectivity index (χ1v) is 7.30. The van der Waals surface area contributed by atoms with Crippen molar-refractivity contribution in [2.75, 3.05) is 20.8 Å². The number of carbonyl (C=O) groups excluding carboxylic acids is 2. The van der Waals surface area contributed by atoms with Gasteiger partial charge < -0.3 is 18.9 Å². The second-order valence-electron chi connectivity index (χ2n) is 4.70. The van der Waals surface area contributed by atoms with Gasteiger partial charge in [0.05, 0.1) is 32.0 Å². The first-order valence-electron chi connectivity index (χ1n) is 7.30. The van der Waals surface area contributed by atoms with Gasteiger partial charge in [0.2, 0.25) is 0 Å². The van der Waals surface area contributed by atoms with Crippen LogP contribution < -0.4 is 14.2 Å². The molecule has 0 N–H and O–H groups in total. The van der Waals surface area contributed by atoms with Crippen molar-refractivity contribution in [3.05, 3.63) is 53.6 Å². The highest BCUT2D eigenvalue weighted by atomic mass is 16.5. The highest BCUT2D eigenvalue weighted by molar-refractivity contribution is 5.92. The van der Waals surface area contributed by atoms with Crippen LogP contribution in [0.4, 0.5) is 0 Å². The third-order valence-corrected chi connectivity index (χ3v) is 3.20. The van der Waals surface area contributed by atoms with E-state index >= 15 is 0 Å². The predicted molar refractivity (Wildman–Crippen MR) is 86.9 cm³/mol. The van der Waals surface area contributed by atoms with E-state index in [0.29, 0.717) is 35.0 Å². The van der Waals surface area contributed by atoms with Gasteiger partial charge in [0.25, 0.3) is 0 Å². The molecule has 24 heavy (non-hydrogen) atoms. The molecule has 0 fully saturated rings. The van der Waals surface area contributed by atoms with Gasteiger partial charge in [-0.3, -0.25) is 0 Å². The van der Waals surface area contributed by atoms with Crippen LogP contribution in [0.3, 0.4) is 0 Å². The monoisotopic (exact) mass is 330 g/mol. The fourth-order valence-corrected chi connectivity index (χ4v) is 2.00. The Balaban J connectivity index is 2.10. The van der Waals surface area contributed by atoms with Crippen LogP contribution in [0.15, 0.2) is 42.5 Å². The summed E-state index contributed by atoms with van der Waals surface area (Å²) in [6.07, 6.45) is 0. The minimum atomic E-state index is -0.542. The topological polar surface area (TPSA) is 71.1 Å². The zero-order chi connectivity index (χ0) is 17.5. The lowest BCUT2D eigenvalue weighted by molar-refractivity contribution is 0.0526. The van der Waals surface area contributed by atoms with Crippen molar-refractivity contribution < 1.29 is 28.5 Å². The molecule has 0 saturated carbocycles. The largest absolute Gasteiger partial charge is 0.493 e. The molecule has 6 heteroatoms. The molecule has 0 amide bonds. The van der Waals surface area contributed by atoms with Crippen molar-refractivity contribution in [3.8, 4) is 17.2 Å². The van der Waals surface area contributed by atoms with Crippen LogP contribution in [0.2, 0.25) is 0 Å². The zero-order valence-electron chi connectivity index (χ0n) is 13.7. The SMILES string of the molecule is CCOC(=O)c1ccc(OC(=O)c2ccc(OC)c(OC)c2)cc1. The van der Waals surface area contributed by atoms with E-state index in [1.807, 2.05) is 0 Å². The number of esters is 2. The lowest BCUT2D eigenvalue weighted by atomic mass is 10.2. The molecule has 0 aliphatic carbocycles. The maximum atomic E-state index is 12.2. The maximum absolute atomic E-state index is 12.2. The average molecular weight is 330 g/mol. The second-order valence-corrected chi connectivity index (χ2v) is 4.70. The Hall–Kier alpha value is -3.02. The number of hydrogen-bond donors (Lipinski definition) is 0. The molecule has 0 radical (unpaired) electrons. The molecule has 0 bridgehead atoms. The average Bonchev–Trinajstić information content (AvgIpc) is 2.61. The summed E-state index contributed by atoms with van der Waals surface area (Å²) in [4.78, 5) is 23.8. The van der Waals surface area contributed by atoms with Gasteiger partial charge in [0.1, 0.15) is 5.75 Å². The highest BCUT2D eigenvalue weighted by Gasteiger charge is 2.13. The van der Waals surface area contributed by atoms with E-state index in [1.54, 1.807) is 19.1 Å². The molecule has 0 heterocycles. The van der Waals surface area contributed by atoms with E-state index in [2.05, 4.69) is 0 Å². The van der Waals surface area contributed by atoms with Crippen molar-refractivity contribution in [1.82, 2.24) is 0 Å². The predicted octanol–water partition coefficient (Wildman–Crippen LogP) is 3.10. The molecule has 6 nitrogen and oxygen atoms in total. The van der Waals surface area contributed by atoms with E-state index in [1.165, 1.54) is 44.6 Å². The normalized spacial score (nSPS) is 9.96. The molecule has 0 aliphatic heterocycles. The van der Waals surface area contributed by atoms with Crippen LogP contribution in [0.25, 0.3) is 0 Å². The van der Waals surface area contributed by atoms with Crippen LogP contribution in [0.5, 0.6) is 17.2 Å². The smallest absolute Gasteiger partial charge is 0.343 e. The van der Waals surface area contributed by atoms with Gasteiger partial charge in [-0.25, -0.2) is 9.59 Å². The Morgan fingerprint density at radius 1 is 0.833 bits per heavy atom. The van der Waals surface area contributed by atoms with Gasteiger partial charge in [-0.1, -0.05) is 0 Å². The van der Waals surface area contributed by atoms with Crippen LogP contribution in [0.1, 0.15) is 27.6 Å². The van der Waals surface area contributed by atoms with Gasteiger partial charge >= 0.3 is 11.9 Å². The van der Waals surface area contributed by atoms with Crippen LogP contribution in [-0.4, -0.2) is 32.8 Å². The van der Waals surface area contributed by atoms with Crippen molar-refractivity contribution in [1.29, 1.82) is 0 Å². The summed E-state index contributed by atoms with van der Waals surface area (Å²) in [7, 11) is 3.00. The Bertz CT molecular complexity index is 721. The number of methoxy groups -OCH3 is 2. The fraction of sp³-hybridized carbons (Fsp3) is 0.222. The summed E-state index contributed by atoms with van der Waals surface area (Å²) in [5.41, 5.74) is 0.713. The molecule has 2 aromatic carbocycles. The minimum absolute atomic E-state index is 0.300. The van der Waals surface area contributed by atoms with E-state index in [0.717, 1.165) is 0 Å². The second kappa shape index (κ2) is 8.01. The molecule has 2 rings (SSSR count). The minimum Gasteiger partial charge on any atom is -0.493 e. The molecule has 126 valence electrons. The molecular formula is C18H18O6. The zero-order valence-corrected chi connectivity index (χ0v) is 13.7. The number of rotatable bonds is 6. The summed E-state index contributed by atoms with van der Waals surface area (Å²) in [5, 5.41) is 0. The molecule has 0 saturated heterocycles. The number of hydrogen-bond acceptors (Lipinski definition) is 6. The van der Waals surface area contributed by atoms with E-state index in [-0.39, 0.29) is 0 Å². The van der Waals surface area contributed by atoms with Crippen LogP contribution in [-0.2, 0) is 4.74 Å². The van der Waals surface area contributed by atoms with Crippen molar-refractivity contribution in [3.63, 3.8) is 0 Å². The summed E-state index contributed by atoms with van der Waals surface area (Å²) < 4.78 is 20.5. The fourth-order valence-electron chi connectivity index (χ4n) is 2.00. The van der Waals surface area contributed by atoms with Gasteiger partial charge in [-0.2, -0.15) is 0 Å². The Morgan fingerprint density at radius 2 is 1.46 bits per heavy atom. The number of benzene rings is 2. The van der Waals surface area contributed by atoms with Gasteiger partial charge in [0, 0.05) is 0 Å². The summed E-state index contributed by atoms with van der Waals surface area (Å²) in [5.74, 6) is 0.315. The van der Waals surface area contributed by atoms with Crippen molar-refractivity contribution >= 4 is 11.9 Å². The van der Waals surface area contributed by atoms with E-state index in [9.17, 15) is 9.59 Å². The molecule has 0 spiro atoms. The molecule has 2 aromatic rings. The third-order valence-electron chi connectivity index (χ3n) is 3.20. The third kappa shape index (κ3) is 4.04. The van der Waals surface area contributed by atoms with Crippen LogP contribution >= 0.6 is 0 Å². The number of carbonyl (C=O) groups is 2. The molecular weight excluding hydrogens is 312 g/mol. The van der Waals surface area contributed by atoms with E-state index < -0.39 is 11.9 Å². The lowest BCUT2D eigenvalue weighted by Crippen LogP contribution is -2.09. The van der Waals surface area contributed by atoms with Gasteiger partial charge in [-0.05, 0) is 49.4 Å². The van der Waals surface area contributed by atoms with Gasteiger partial charge in [-0.15, -0.1) is 0 Å². The summed E-state index contributed by atoms with van der Waals surface area (Å²) in [6, 6.07) is 10.9. The molecule has 0 aromatic heterocycles. The van der Waals surface area contributed by atoms with Crippen LogP contribution in [0, 0.1) is 0 Å². The first-order chi connectivity index (χ1) is 11.6. The quantitative estimate of drug-likeness (QED) is 0.599. The standard InChI is InChI=1S/C18H18O6/c1-4-23-17(19)12-5-8-14(9-6-12)24-18(20)13-7-10-15(21-2)16(11-13)22-3/h5-11H,4H2,1-3H3.